The Hall–Kier alpha value is -2.95. The fourth-order valence-electron chi connectivity index (χ4n) is 4.48. The van der Waals surface area contributed by atoms with Crippen LogP contribution in [-0.2, 0) is 5.41 Å². The summed E-state index contributed by atoms with van der Waals surface area (Å²) in [6.45, 7) is 0.678. The Kier molecular flexibility index (Phi) is 3.87. The van der Waals surface area contributed by atoms with Gasteiger partial charge in [-0.25, -0.2) is 4.79 Å². The van der Waals surface area contributed by atoms with Crippen molar-refractivity contribution in [2.45, 2.75) is 18.3 Å². The molecule has 0 unspecified atom stereocenters. The topological polar surface area (TPSA) is 74.7 Å². The molecule has 0 aromatic heterocycles. The van der Waals surface area contributed by atoms with Crippen molar-refractivity contribution in [1.29, 1.82) is 0 Å². The van der Waals surface area contributed by atoms with E-state index in [0.717, 1.165) is 0 Å². The number of amides is 1. The Labute approximate surface area is 151 Å². The summed E-state index contributed by atoms with van der Waals surface area (Å²) in [7, 11) is 0. The smallest absolute Gasteiger partial charge is 0.407 e. The van der Waals surface area contributed by atoms with Crippen LogP contribution in [-0.4, -0.2) is 40.8 Å². The van der Waals surface area contributed by atoms with Crippen LogP contribution in [0.15, 0.2) is 54.6 Å². The Morgan fingerprint density at radius 2 is 1.38 bits per heavy atom. The maximum absolute atomic E-state index is 13.5. The third-order valence-corrected chi connectivity index (χ3v) is 5.74. The lowest BCUT2D eigenvalue weighted by molar-refractivity contribution is 0.0635. The van der Waals surface area contributed by atoms with Gasteiger partial charge in [0, 0.05) is 24.2 Å². The summed E-state index contributed by atoms with van der Waals surface area (Å²) in [5.74, 6) is -0.524. The first-order valence-electron chi connectivity index (χ1n) is 8.79. The van der Waals surface area contributed by atoms with E-state index in [4.69, 9.17) is 0 Å². The first-order valence-corrected chi connectivity index (χ1v) is 8.79. The summed E-state index contributed by atoms with van der Waals surface area (Å²) in [6.07, 6.45) is 0.0313. The lowest BCUT2D eigenvalue weighted by Crippen LogP contribution is -2.50. The molecule has 1 aliphatic carbocycles. The van der Waals surface area contributed by atoms with Crippen LogP contribution in [0.5, 0.6) is 0 Å². The number of rotatable bonds is 2. The van der Waals surface area contributed by atoms with Crippen molar-refractivity contribution in [3.05, 3.63) is 71.3 Å². The Morgan fingerprint density at radius 3 is 1.88 bits per heavy atom. The zero-order valence-corrected chi connectivity index (χ0v) is 14.2. The summed E-state index contributed by atoms with van der Waals surface area (Å²) >= 11 is 0. The minimum Gasteiger partial charge on any atom is -0.465 e. The van der Waals surface area contributed by atoms with E-state index in [1.54, 1.807) is 24.3 Å². The Bertz CT molecular complexity index is 847. The summed E-state index contributed by atoms with van der Waals surface area (Å²) in [5, 5.41) is 9.21. The maximum Gasteiger partial charge on any atom is 0.407 e. The molecule has 2 aliphatic rings. The van der Waals surface area contributed by atoms with Gasteiger partial charge in [0.2, 0.25) is 0 Å². The van der Waals surface area contributed by atoms with Gasteiger partial charge in [-0.3, -0.25) is 9.59 Å². The number of fused-ring (bicyclic) bond motifs is 1. The molecule has 5 heteroatoms. The average molecular weight is 349 g/mol. The predicted molar refractivity (Wildman–Crippen MR) is 95.5 cm³/mol. The molecule has 1 N–H and O–H groups in total. The molecule has 1 fully saturated rings. The van der Waals surface area contributed by atoms with Gasteiger partial charge in [-0.15, -0.1) is 0 Å². The van der Waals surface area contributed by atoms with Gasteiger partial charge < -0.3 is 10.0 Å². The molecule has 5 nitrogen and oxygen atoms in total. The minimum atomic E-state index is -1.24. The molecule has 0 bridgehead atoms. The number of likely N-dealkylation sites (tertiary alicyclic amines) is 1. The van der Waals surface area contributed by atoms with Crippen LogP contribution in [0.2, 0.25) is 0 Å². The van der Waals surface area contributed by atoms with Gasteiger partial charge in [-0.05, 0) is 24.3 Å². The lowest BCUT2D eigenvalue weighted by atomic mass is 9.63. The lowest BCUT2D eigenvalue weighted by Gasteiger charge is -2.40. The fraction of sp³-hybridized carbons (Fsp3) is 0.286. The van der Waals surface area contributed by atoms with E-state index in [2.05, 4.69) is 0 Å². The summed E-state index contributed by atoms with van der Waals surface area (Å²) in [4.78, 5) is 39.6. The fourth-order valence-corrected chi connectivity index (χ4v) is 4.48. The van der Waals surface area contributed by atoms with Gasteiger partial charge >= 0.3 is 6.09 Å². The van der Waals surface area contributed by atoms with Gasteiger partial charge in [-0.2, -0.15) is 0 Å². The number of piperidine rings is 1. The first kappa shape index (κ1) is 16.5. The van der Waals surface area contributed by atoms with Crippen molar-refractivity contribution in [3.63, 3.8) is 0 Å². The second-order valence-corrected chi connectivity index (χ2v) is 6.92. The van der Waals surface area contributed by atoms with Crippen molar-refractivity contribution in [2.75, 3.05) is 13.1 Å². The molecule has 132 valence electrons. The summed E-state index contributed by atoms with van der Waals surface area (Å²) < 4.78 is 0. The van der Waals surface area contributed by atoms with Crippen LogP contribution >= 0.6 is 0 Å². The minimum absolute atomic E-state index is 0.155. The molecule has 2 aromatic rings. The van der Waals surface area contributed by atoms with Crippen LogP contribution in [0.25, 0.3) is 0 Å². The zero-order valence-electron chi connectivity index (χ0n) is 14.2. The standard InChI is InChI=1S/C21H19NO4/c23-18-16-8-4-5-9-17(16)19(24)21(18,14-6-2-1-3-7-14)15-10-12-22(13-11-15)20(25)26/h1-9,15H,10-13H2,(H,25,26). The molecular formula is C21H19NO4. The first-order chi connectivity index (χ1) is 12.6. The number of hydrogen-bond acceptors (Lipinski definition) is 3. The third-order valence-electron chi connectivity index (χ3n) is 5.74. The second-order valence-electron chi connectivity index (χ2n) is 6.92. The molecule has 4 rings (SSSR count). The van der Waals surface area contributed by atoms with Crippen molar-refractivity contribution in [3.8, 4) is 0 Å². The predicted octanol–water partition coefficient (Wildman–Crippen LogP) is 3.39. The third kappa shape index (κ3) is 2.20. The Morgan fingerprint density at radius 1 is 0.885 bits per heavy atom. The molecule has 0 spiro atoms. The van der Waals surface area contributed by atoms with Gasteiger partial charge in [0.1, 0.15) is 5.41 Å². The number of benzene rings is 2. The largest absolute Gasteiger partial charge is 0.465 e. The number of carbonyl (C=O) groups is 3. The molecule has 1 saturated heterocycles. The van der Waals surface area contributed by atoms with Crippen LogP contribution in [0, 0.1) is 5.92 Å². The molecule has 0 radical (unpaired) electrons. The molecule has 1 aliphatic heterocycles. The monoisotopic (exact) mass is 349 g/mol. The normalized spacial score (nSPS) is 19.5. The number of carbonyl (C=O) groups excluding carboxylic acids is 2. The second kappa shape index (κ2) is 6.09. The number of carboxylic acid groups (broad SMARTS) is 1. The molecule has 26 heavy (non-hydrogen) atoms. The molecule has 0 atom stereocenters. The van der Waals surface area contributed by atoms with E-state index >= 15 is 0 Å². The van der Waals surface area contributed by atoms with Crippen molar-refractivity contribution in [1.82, 2.24) is 4.90 Å². The number of nitrogens with zero attached hydrogens (tertiary/aromatic N) is 1. The quantitative estimate of drug-likeness (QED) is 0.843. The van der Waals surface area contributed by atoms with Crippen LogP contribution in [0.4, 0.5) is 4.79 Å². The highest BCUT2D eigenvalue weighted by Gasteiger charge is 2.58. The number of hydrogen-bond donors (Lipinski definition) is 1. The van der Waals surface area contributed by atoms with E-state index in [-0.39, 0.29) is 17.5 Å². The highest BCUT2D eigenvalue weighted by Crippen LogP contribution is 2.48. The van der Waals surface area contributed by atoms with Crippen molar-refractivity contribution < 1.29 is 19.5 Å². The maximum atomic E-state index is 13.5. The SMILES string of the molecule is O=C(O)N1CCC(C2(c3ccccc3)C(=O)c3ccccc3C2=O)CC1. The highest BCUT2D eigenvalue weighted by atomic mass is 16.4. The van der Waals surface area contributed by atoms with Crippen LogP contribution in [0.1, 0.15) is 39.1 Å². The van der Waals surface area contributed by atoms with E-state index < -0.39 is 11.5 Å². The van der Waals surface area contributed by atoms with E-state index in [0.29, 0.717) is 42.6 Å². The molecule has 0 saturated carbocycles. The zero-order chi connectivity index (χ0) is 18.3. The molecule has 1 heterocycles. The van der Waals surface area contributed by atoms with Crippen LogP contribution in [0.3, 0.4) is 0 Å². The van der Waals surface area contributed by atoms with E-state index in [1.807, 2.05) is 30.3 Å². The van der Waals surface area contributed by atoms with E-state index in [9.17, 15) is 19.5 Å². The van der Waals surface area contributed by atoms with Gasteiger partial charge in [0.15, 0.2) is 11.6 Å². The van der Waals surface area contributed by atoms with Gasteiger partial charge in [-0.1, -0.05) is 54.6 Å². The van der Waals surface area contributed by atoms with Crippen LogP contribution < -0.4 is 0 Å². The molecule has 1 amide bonds. The number of ketones is 2. The average Bonchev–Trinajstić information content (AvgIpc) is 2.91. The van der Waals surface area contributed by atoms with Crippen molar-refractivity contribution in [2.24, 2.45) is 5.92 Å². The number of Topliss-reactive ketones (excluding diaryl/α,β-unsaturated/α-hetero) is 2. The van der Waals surface area contributed by atoms with Gasteiger partial charge in [0.25, 0.3) is 0 Å². The summed E-state index contributed by atoms with van der Waals surface area (Å²) in [5.41, 5.74) is 0.416. The highest BCUT2D eigenvalue weighted by molar-refractivity contribution is 6.33. The molecular weight excluding hydrogens is 330 g/mol. The van der Waals surface area contributed by atoms with E-state index in [1.165, 1.54) is 4.90 Å². The Balaban J connectivity index is 1.83. The van der Waals surface area contributed by atoms with Crippen molar-refractivity contribution >= 4 is 17.7 Å². The van der Waals surface area contributed by atoms with Gasteiger partial charge in [0.05, 0.1) is 0 Å². The molecule has 2 aromatic carbocycles. The summed E-state index contributed by atoms with van der Waals surface area (Å²) in [6, 6.07) is 16.2.